The Kier molecular flexibility index (Phi) is 3.95. The average molecular weight is 324 g/mol. The van der Waals surface area contributed by atoms with Gasteiger partial charge < -0.3 is 4.90 Å². The number of aryl methyl sites for hydroxylation is 2. The molecule has 4 nitrogen and oxygen atoms in total. The van der Waals surface area contributed by atoms with Gasteiger partial charge in [0.2, 0.25) is 0 Å². The molecule has 0 amide bonds. The van der Waals surface area contributed by atoms with Crippen LogP contribution in [0, 0.1) is 0 Å². The monoisotopic (exact) mass is 324 g/mol. The van der Waals surface area contributed by atoms with Gasteiger partial charge >= 0.3 is 0 Å². The largest absolute Gasteiger partial charge is 0.355 e. The van der Waals surface area contributed by atoms with E-state index in [1.807, 2.05) is 23.7 Å². The molecule has 118 valence electrons. The third-order valence-corrected chi connectivity index (χ3v) is 5.71. The van der Waals surface area contributed by atoms with Gasteiger partial charge in [0, 0.05) is 30.9 Å². The Morgan fingerprint density at radius 2 is 1.91 bits per heavy atom. The summed E-state index contributed by atoms with van der Waals surface area (Å²) < 4.78 is 0. The van der Waals surface area contributed by atoms with E-state index in [-0.39, 0.29) is 0 Å². The minimum absolute atomic E-state index is 0.833. The van der Waals surface area contributed by atoms with E-state index in [0.29, 0.717) is 0 Å². The molecule has 3 aromatic rings. The Morgan fingerprint density at radius 3 is 2.78 bits per heavy atom. The van der Waals surface area contributed by atoms with E-state index in [1.54, 1.807) is 6.33 Å². The van der Waals surface area contributed by atoms with Gasteiger partial charge in [-0.1, -0.05) is 6.42 Å². The number of hydrogen-bond acceptors (Lipinski definition) is 5. The van der Waals surface area contributed by atoms with Crippen LogP contribution in [0.3, 0.4) is 0 Å². The van der Waals surface area contributed by atoms with E-state index >= 15 is 0 Å². The lowest BCUT2D eigenvalue weighted by Crippen LogP contribution is -2.18. The fourth-order valence-corrected chi connectivity index (χ4v) is 4.60. The summed E-state index contributed by atoms with van der Waals surface area (Å²) in [6.07, 6.45) is 11.7. The molecule has 3 heterocycles. The molecule has 1 aliphatic rings. The van der Waals surface area contributed by atoms with Gasteiger partial charge in [-0.2, -0.15) is 0 Å². The van der Waals surface area contributed by atoms with E-state index in [2.05, 4.69) is 39.0 Å². The van der Waals surface area contributed by atoms with Gasteiger partial charge in [-0.3, -0.25) is 4.98 Å². The number of hydrogen-bond donors (Lipinski definition) is 0. The van der Waals surface area contributed by atoms with Crippen LogP contribution in [0.15, 0.2) is 30.9 Å². The zero-order valence-corrected chi connectivity index (χ0v) is 14.1. The Morgan fingerprint density at radius 1 is 1.09 bits per heavy atom. The zero-order chi connectivity index (χ0) is 15.6. The fraction of sp³-hybridized carbons (Fsp3) is 0.389. The standard InChI is InChI=1S/C18H20N4S/c1-22(11-13-7-9-19-10-8-13)17-16-14-5-3-2-4-6-15(14)23-18(16)21-12-20-17/h7-10,12H,2-6,11H2,1H3. The molecule has 23 heavy (non-hydrogen) atoms. The molecule has 0 aromatic carbocycles. The summed E-state index contributed by atoms with van der Waals surface area (Å²) in [4.78, 5) is 18.2. The molecule has 0 atom stereocenters. The lowest BCUT2D eigenvalue weighted by molar-refractivity contribution is 0.713. The van der Waals surface area contributed by atoms with Crippen molar-refractivity contribution < 1.29 is 0 Å². The molecule has 1 aliphatic carbocycles. The predicted octanol–water partition coefficient (Wildman–Crippen LogP) is 3.99. The maximum Gasteiger partial charge on any atom is 0.141 e. The Labute approximate surface area is 140 Å². The summed E-state index contributed by atoms with van der Waals surface area (Å²) in [6, 6.07) is 4.12. The van der Waals surface area contributed by atoms with Crippen LogP contribution < -0.4 is 4.90 Å². The van der Waals surface area contributed by atoms with Crippen molar-refractivity contribution in [3.63, 3.8) is 0 Å². The molecule has 3 aromatic heterocycles. The van der Waals surface area contributed by atoms with Crippen LogP contribution in [0.1, 0.15) is 35.3 Å². The Balaban J connectivity index is 1.76. The number of nitrogens with zero attached hydrogens (tertiary/aromatic N) is 4. The molecule has 4 rings (SSSR count). The minimum Gasteiger partial charge on any atom is -0.355 e. The van der Waals surface area contributed by atoms with E-state index in [9.17, 15) is 0 Å². The number of anilines is 1. The maximum atomic E-state index is 4.62. The Hall–Kier alpha value is -2.01. The third-order valence-electron chi connectivity index (χ3n) is 4.51. The minimum atomic E-state index is 0.833. The van der Waals surface area contributed by atoms with Crippen LogP contribution in [0.4, 0.5) is 5.82 Å². The van der Waals surface area contributed by atoms with Gasteiger partial charge in [0.05, 0.1) is 5.39 Å². The molecule has 0 spiro atoms. The molecule has 0 saturated carbocycles. The molecule has 0 bridgehead atoms. The summed E-state index contributed by atoms with van der Waals surface area (Å²) in [5, 5.41) is 1.28. The molecule has 0 radical (unpaired) electrons. The van der Waals surface area contributed by atoms with E-state index in [0.717, 1.165) is 17.2 Å². The first-order valence-corrected chi connectivity index (χ1v) is 9.00. The van der Waals surface area contributed by atoms with Crippen molar-refractivity contribution >= 4 is 27.4 Å². The van der Waals surface area contributed by atoms with Crippen molar-refractivity contribution in [2.45, 2.75) is 38.6 Å². The summed E-state index contributed by atoms with van der Waals surface area (Å²) in [6.45, 7) is 0.833. The van der Waals surface area contributed by atoms with Crippen molar-refractivity contribution in [2.75, 3.05) is 11.9 Å². The normalized spacial score (nSPS) is 14.5. The number of pyridine rings is 1. The van der Waals surface area contributed by atoms with Gasteiger partial charge in [-0.05, 0) is 48.9 Å². The molecule has 0 saturated heterocycles. The third kappa shape index (κ3) is 2.81. The SMILES string of the molecule is CN(Cc1ccncc1)c1ncnc2sc3c(c12)CCCCC3. The van der Waals surface area contributed by atoms with Gasteiger partial charge in [-0.25, -0.2) is 9.97 Å². The Bertz CT molecular complexity index is 813. The smallest absolute Gasteiger partial charge is 0.141 e. The average Bonchev–Trinajstić information content (AvgIpc) is 2.77. The van der Waals surface area contributed by atoms with Crippen LogP contribution >= 0.6 is 11.3 Å². The van der Waals surface area contributed by atoms with Crippen molar-refractivity contribution in [2.24, 2.45) is 0 Å². The van der Waals surface area contributed by atoms with Gasteiger partial charge in [0.15, 0.2) is 0 Å². The second-order valence-corrected chi connectivity index (χ2v) is 7.24. The van der Waals surface area contributed by atoms with Crippen LogP contribution in [0.25, 0.3) is 10.2 Å². The number of aromatic nitrogens is 3. The molecule has 0 fully saturated rings. The lowest BCUT2D eigenvalue weighted by Gasteiger charge is -2.19. The highest BCUT2D eigenvalue weighted by Gasteiger charge is 2.20. The quantitative estimate of drug-likeness (QED) is 0.683. The van der Waals surface area contributed by atoms with Crippen LogP contribution in [0.5, 0.6) is 0 Å². The highest BCUT2D eigenvalue weighted by atomic mass is 32.1. The van der Waals surface area contributed by atoms with E-state index in [1.165, 1.54) is 53.5 Å². The first-order valence-electron chi connectivity index (χ1n) is 8.18. The van der Waals surface area contributed by atoms with Crippen molar-refractivity contribution in [1.82, 2.24) is 15.0 Å². The molecular formula is C18H20N4S. The molecule has 0 unspecified atom stereocenters. The molecular weight excluding hydrogens is 304 g/mol. The predicted molar refractivity (Wildman–Crippen MR) is 95.0 cm³/mol. The van der Waals surface area contributed by atoms with E-state index < -0.39 is 0 Å². The fourth-order valence-electron chi connectivity index (χ4n) is 3.38. The summed E-state index contributed by atoms with van der Waals surface area (Å²) in [7, 11) is 2.11. The maximum absolute atomic E-state index is 4.62. The summed E-state index contributed by atoms with van der Waals surface area (Å²) in [5.74, 6) is 1.06. The van der Waals surface area contributed by atoms with Gasteiger partial charge in [0.25, 0.3) is 0 Å². The highest BCUT2D eigenvalue weighted by Crippen LogP contribution is 2.38. The number of fused-ring (bicyclic) bond motifs is 3. The van der Waals surface area contributed by atoms with Gasteiger partial charge in [-0.15, -0.1) is 11.3 Å². The highest BCUT2D eigenvalue weighted by molar-refractivity contribution is 7.18. The molecule has 5 heteroatoms. The number of thiophene rings is 1. The topological polar surface area (TPSA) is 41.9 Å². The number of rotatable bonds is 3. The van der Waals surface area contributed by atoms with Crippen molar-refractivity contribution in [3.05, 3.63) is 46.9 Å². The molecule has 0 N–H and O–H groups in total. The molecule has 0 aliphatic heterocycles. The zero-order valence-electron chi connectivity index (χ0n) is 13.3. The van der Waals surface area contributed by atoms with Crippen molar-refractivity contribution in [3.8, 4) is 0 Å². The van der Waals surface area contributed by atoms with Crippen LogP contribution in [0.2, 0.25) is 0 Å². The summed E-state index contributed by atoms with van der Waals surface area (Å²) in [5.41, 5.74) is 2.75. The van der Waals surface area contributed by atoms with Crippen LogP contribution in [-0.4, -0.2) is 22.0 Å². The van der Waals surface area contributed by atoms with Crippen LogP contribution in [-0.2, 0) is 19.4 Å². The van der Waals surface area contributed by atoms with Crippen molar-refractivity contribution in [1.29, 1.82) is 0 Å². The second-order valence-electron chi connectivity index (χ2n) is 6.15. The lowest BCUT2D eigenvalue weighted by atomic mass is 10.1. The first kappa shape index (κ1) is 14.6. The van der Waals surface area contributed by atoms with Gasteiger partial charge in [0.1, 0.15) is 17.0 Å². The first-order chi connectivity index (χ1) is 11.3. The van der Waals surface area contributed by atoms with E-state index in [4.69, 9.17) is 0 Å². The second kappa shape index (κ2) is 6.24. The summed E-state index contributed by atoms with van der Waals surface area (Å²) >= 11 is 1.86.